The van der Waals surface area contributed by atoms with E-state index >= 15 is 0 Å². The second kappa shape index (κ2) is 4.31. The van der Waals surface area contributed by atoms with Gasteiger partial charge in [0.2, 0.25) is 5.91 Å². The topological polar surface area (TPSA) is 72.1 Å². The fraction of sp³-hybridized carbons (Fsp3) is 0.615. The molecule has 96 valence electrons. The molecule has 1 aliphatic heterocycles. The lowest BCUT2D eigenvalue weighted by molar-refractivity contribution is -0.129. The highest BCUT2D eigenvalue weighted by Crippen LogP contribution is 2.41. The number of carbonyl (C=O) groups excluding carboxylic acids is 1. The van der Waals surface area contributed by atoms with Gasteiger partial charge in [0.05, 0.1) is 11.9 Å². The molecular formula is C13H18N4O. The minimum Gasteiger partial charge on any atom is -0.368 e. The molecule has 1 aromatic heterocycles. The van der Waals surface area contributed by atoms with Crippen LogP contribution in [0.3, 0.4) is 0 Å². The van der Waals surface area contributed by atoms with Crippen LogP contribution in [-0.2, 0) is 10.3 Å². The van der Waals surface area contributed by atoms with Crippen LogP contribution >= 0.6 is 0 Å². The number of likely N-dealkylation sites (tertiary alicyclic amines) is 1. The zero-order valence-electron chi connectivity index (χ0n) is 10.4. The van der Waals surface area contributed by atoms with E-state index in [-0.39, 0.29) is 5.91 Å². The van der Waals surface area contributed by atoms with E-state index in [4.69, 9.17) is 5.73 Å². The summed E-state index contributed by atoms with van der Waals surface area (Å²) in [5, 5.41) is 0. The maximum absolute atomic E-state index is 12.0. The number of nitrogens with zero attached hydrogens (tertiary/aromatic N) is 3. The van der Waals surface area contributed by atoms with Crippen molar-refractivity contribution in [1.29, 1.82) is 0 Å². The Morgan fingerprint density at radius 1 is 1.50 bits per heavy atom. The molecular weight excluding hydrogens is 228 g/mol. The summed E-state index contributed by atoms with van der Waals surface area (Å²) in [5.41, 5.74) is 5.68. The van der Waals surface area contributed by atoms with Crippen molar-refractivity contribution in [2.24, 2.45) is 11.7 Å². The maximum Gasteiger partial charge on any atom is 0.244 e. The molecule has 0 bridgehead atoms. The van der Waals surface area contributed by atoms with Crippen LogP contribution in [0.1, 0.15) is 31.4 Å². The van der Waals surface area contributed by atoms with E-state index in [9.17, 15) is 4.79 Å². The summed E-state index contributed by atoms with van der Waals surface area (Å²) >= 11 is 0. The molecule has 2 heterocycles. The monoisotopic (exact) mass is 246 g/mol. The van der Waals surface area contributed by atoms with Crippen molar-refractivity contribution in [3.63, 3.8) is 0 Å². The van der Waals surface area contributed by atoms with Crippen LogP contribution in [0.5, 0.6) is 0 Å². The van der Waals surface area contributed by atoms with Crippen LogP contribution in [0.2, 0.25) is 0 Å². The first-order chi connectivity index (χ1) is 8.73. The molecule has 0 radical (unpaired) electrons. The molecule has 1 saturated carbocycles. The summed E-state index contributed by atoms with van der Waals surface area (Å²) in [4.78, 5) is 22.7. The van der Waals surface area contributed by atoms with Crippen molar-refractivity contribution in [1.82, 2.24) is 14.9 Å². The Morgan fingerprint density at radius 3 is 2.94 bits per heavy atom. The number of nitrogens with two attached hydrogens (primary N) is 1. The SMILES string of the molecule is NC(=O)[C@]1(c2cnccn2)CCCN1CC1CC1. The Balaban J connectivity index is 1.96. The molecule has 2 fully saturated rings. The molecule has 1 saturated heterocycles. The van der Waals surface area contributed by atoms with Gasteiger partial charge in [0.25, 0.3) is 0 Å². The van der Waals surface area contributed by atoms with Gasteiger partial charge < -0.3 is 5.73 Å². The van der Waals surface area contributed by atoms with E-state index in [2.05, 4.69) is 14.9 Å². The molecule has 1 aromatic rings. The second-order valence-corrected chi connectivity index (χ2v) is 5.31. The average molecular weight is 246 g/mol. The standard InChI is InChI=1S/C13H18N4O/c14-12(18)13(11-8-15-5-6-16-11)4-1-7-17(13)9-10-2-3-10/h5-6,8,10H,1-4,7,9H2,(H2,14,18)/t13-/m1/s1. The number of hydrogen-bond acceptors (Lipinski definition) is 4. The molecule has 0 aromatic carbocycles. The number of aromatic nitrogens is 2. The van der Waals surface area contributed by atoms with Crippen LogP contribution in [0.15, 0.2) is 18.6 Å². The minimum absolute atomic E-state index is 0.291. The number of amides is 1. The average Bonchev–Trinajstić information content (AvgIpc) is 3.08. The molecule has 2 N–H and O–H groups in total. The van der Waals surface area contributed by atoms with Gasteiger partial charge in [-0.3, -0.25) is 19.7 Å². The summed E-state index contributed by atoms with van der Waals surface area (Å²) < 4.78 is 0. The smallest absolute Gasteiger partial charge is 0.244 e. The first-order valence-electron chi connectivity index (χ1n) is 6.55. The van der Waals surface area contributed by atoms with Crippen LogP contribution < -0.4 is 5.73 Å². The number of carbonyl (C=O) groups is 1. The summed E-state index contributed by atoms with van der Waals surface area (Å²) in [6.45, 7) is 1.88. The number of rotatable bonds is 4. The van der Waals surface area contributed by atoms with Gasteiger partial charge in [0.15, 0.2) is 0 Å². The van der Waals surface area contributed by atoms with E-state index in [1.54, 1.807) is 18.6 Å². The van der Waals surface area contributed by atoms with Gasteiger partial charge in [-0.2, -0.15) is 0 Å². The molecule has 1 atom stereocenters. The van der Waals surface area contributed by atoms with Crippen LogP contribution in [0.25, 0.3) is 0 Å². The van der Waals surface area contributed by atoms with Crippen LogP contribution in [0.4, 0.5) is 0 Å². The summed E-state index contributed by atoms with van der Waals surface area (Å²) in [5.74, 6) is 0.444. The fourth-order valence-corrected chi connectivity index (χ4v) is 2.94. The van der Waals surface area contributed by atoms with Gasteiger partial charge in [-0.1, -0.05) is 0 Å². The zero-order valence-corrected chi connectivity index (χ0v) is 10.4. The predicted octanol–water partition coefficient (Wildman–Crippen LogP) is 0.663. The first kappa shape index (κ1) is 11.6. The van der Waals surface area contributed by atoms with E-state index in [1.807, 2.05) is 0 Å². The molecule has 5 nitrogen and oxygen atoms in total. The summed E-state index contributed by atoms with van der Waals surface area (Å²) in [7, 11) is 0. The molecule has 0 unspecified atom stereocenters. The molecule has 3 rings (SSSR count). The number of primary amides is 1. The Kier molecular flexibility index (Phi) is 2.78. The first-order valence-corrected chi connectivity index (χ1v) is 6.55. The van der Waals surface area contributed by atoms with E-state index in [1.165, 1.54) is 12.8 Å². The Morgan fingerprint density at radius 2 is 2.33 bits per heavy atom. The third-order valence-electron chi connectivity index (χ3n) is 4.08. The summed E-state index contributed by atoms with van der Waals surface area (Å²) in [6.07, 6.45) is 9.22. The maximum atomic E-state index is 12.0. The fourth-order valence-electron chi connectivity index (χ4n) is 2.94. The minimum atomic E-state index is -0.725. The van der Waals surface area contributed by atoms with Gasteiger partial charge in [0, 0.05) is 18.9 Å². The Bertz CT molecular complexity index is 446. The lowest BCUT2D eigenvalue weighted by Gasteiger charge is -2.35. The van der Waals surface area contributed by atoms with E-state index in [0.717, 1.165) is 31.8 Å². The Hall–Kier alpha value is -1.49. The van der Waals surface area contributed by atoms with Crippen molar-refractivity contribution in [2.45, 2.75) is 31.2 Å². The normalized spacial score (nSPS) is 28.4. The van der Waals surface area contributed by atoms with Crippen molar-refractivity contribution in [2.75, 3.05) is 13.1 Å². The Labute approximate surface area is 106 Å². The van der Waals surface area contributed by atoms with Gasteiger partial charge in [-0.25, -0.2) is 0 Å². The quantitative estimate of drug-likeness (QED) is 0.847. The molecule has 18 heavy (non-hydrogen) atoms. The zero-order chi connectivity index (χ0) is 12.6. The van der Waals surface area contributed by atoms with E-state index in [0.29, 0.717) is 5.69 Å². The third kappa shape index (κ3) is 1.79. The lowest BCUT2D eigenvalue weighted by Crippen LogP contribution is -2.52. The molecule has 1 aliphatic carbocycles. The van der Waals surface area contributed by atoms with Crippen LogP contribution in [0, 0.1) is 5.92 Å². The van der Waals surface area contributed by atoms with Crippen molar-refractivity contribution < 1.29 is 4.79 Å². The molecule has 5 heteroatoms. The van der Waals surface area contributed by atoms with Gasteiger partial charge in [-0.15, -0.1) is 0 Å². The highest BCUT2D eigenvalue weighted by atomic mass is 16.1. The highest BCUT2D eigenvalue weighted by Gasteiger charge is 2.50. The molecule has 2 aliphatic rings. The molecule has 0 spiro atoms. The van der Waals surface area contributed by atoms with Crippen molar-refractivity contribution in [3.8, 4) is 0 Å². The van der Waals surface area contributed by atoms with Gasteiger partial charge >= 0.3 is 0 Å². The van der Waals surface area contributed by atoms with Crippen molar-refractivity contribution >= 4 is 5.91 Å². The number of hydrogen-bond donors (Lipinski definition) is 1. The van der Waals surface area contributed by atoms with E-state index < -0.39 is 5.54 Å². The molecule has 1 amide bonds. The predicted molar refractivity (Wildman–Crippen MR) is 66.4 cm³/mol. The summed E-state index contributed by atoms with van der Waals surface area (Å²) in [6, 6.07) is 0. The van der Waals surface area contributed by atoms with Crippen LogP contribution in [-0.4, -0.2) is 33.9 Å². The van der Waals surface area contributed by atoms with Gasteiger partial charge in [-0.05, 0) is 38.1 Å². The van der Waals surface area contributed by atoms with Crippen molar-refractivity contribution in [3.05, 3.63) is 24.3 Å². The lowest BCUT2D eigenvalue weighted by atomic mass is 9.91. The third-order valence-corrected chi connectivity index (χ3v) is 4.08. The second-order valence-electron chi connectivity index (χ2n) is 5.31. The highest BCUT2D eigenvalue weighted by molar-refractivity contribution is 5.86. The largest absolute Gasteiger partial charge is 0.368 e. The van der Waals surface area contributed by atoms with Gasteiger partial charge in [0.1, 0.15) is 5.54 Å².